The molecule has 0 saturated carbocycles. The van der Waals surface area contributed by atoms with Gasteiger partial charge in [-0.15, -0.1) is 0 Å². The van der Waals surface area contributed by atoms with E-state index in [-0.39, 0.29) is 0 Å². The van der Waals surface area contributed by atoms with Gasteiger partial charge in [0, 0.05) is 10.6 Å². The Morgan fingerprint density at radius 1 is 0.806 bits per heavy atom. The van der Waals surface area contributed by atoms with Crippen molar-refractivity contribution in [1.29, 1.82) is 0 Å². The molecule has 2 N–H and O–H groups in total. The molecule has 1 aliphatic carbocycles. The summed E-state index contributed by atoms with van der Waals surface area (Å²) < 4.78 is 2.40. The molecule has 4 heteroatoms. The number of benzene rings is 4. The molecule has 0 amide bonds. The van der Waals surface area contributed by atoms with Crippen LogP contribution in [-0.4, -0.2) is 21.7 Å². The van der Waals surface area contributed by atoms with Crippen molar-refractivity contribution in [2.45, 2.75) is 18.8 Å². The molecule has 1 aliphatic heterocycles. The molecule has 1 aromatic heterocycles. The van der Waals surface area contributed by atoms with E-state index in [0.717, 1.165) is 17.3 Å². The van der Waals surface area contributed by atoms with Crippen LogP contribution in [0.5, 0.6) is 0 Å². The lowest BCUT2D eigenvalue weighted by Crippen LogP contribution is -2.49. The SMILES string of the molecule is CC1CC=c2c3n(c4ccc(B(O)O)cc24)-c2ccccc2C(c2ccccc2)(c2ccccc2)C=31. The van der Waals surface area contributed by atoms with Gasteiger partial charge < -0.3 is 14.6 Å². The summed E-state index contributed by atoms with van der Waals surface area (Å²) in [6.45, 7) is 2.34. The highest BCUT2D eigenvalue weighted by molar-refractivity contribution is 6.58. The summed E-state index contributed by atoms with van der Waals surface area (Å²) in [5, 5.41) is 23.3. The highest BCUT2D eigenvalue weighted by Crippen LogP contribution is 2.52. The van der Waals surface area contributed by atoms with Gasteiger partial charge in [0.2, 0.25) is 0 Å². The van der Waals surface area contributed by atoms with Crippen LogP contribution >= 0.6 is 0 Å². The van der Waals surface area contributed by atoms with Gasteiger partial charge in [0.05, 0.1) is 22.0 Å². The molecule has 0 fully saturated rings. The normalized spacial score (nSPS) is 17.3. The standard InChI is InChI=1S/C32H26BNO2/c1-21-16-18-25-26-20-24(33(35)36)17-19-28(26)34-29-15-9-8-14-27(29)32(30(21)31(25)34,22-10-4-2-5-11-22)23-12-6-3-7-13-23/h2-15,17-21,35-36H,16H2,1H3. The van der Waals surface area contributed by atoms with Crippen LogP contribution in [0.4, 0.5) is 0 Å². The van der Waals surface area contributed by atoms with Crippen molar-refractivity contribution >= 4 is 35.1 Å². The smallest absolute Gasteiger partial charge is 0.423 e. The van der Waals surface area contributed by atoms with Crippen molar-refractivity contribution < 1.29 is 10.0 Å². The molecule has 3 nitrogen and oxygen atoms in total. The van der Waals surface area contributed by atoms with Gasteiger partial charge >= 0.3 is 7.12 Å². The van der Waals surface area contributed by atoms with Crippen LogP contribution in [0.1, 0.15) is 30.0 Å². The van der Waals surface area contributed by atoms with Crippen LogP contribution in [0.15, 0.2) is 103 Å². The Hall–Kier alpha value is -3.86. The van der Waals surface area contributed by atoms with Gasteiger partial charge in [-0.1, -0.05) is 104 Å². The van der Waals surface area contributed by atoms with Crippen LogP contribution in [-0.2, 0) is 5.41 Å². The highest BCUT2D eigenvalue weighted by Gasteiger charge is 2.47. The zero-order valence-corrected chi connectivity index (χ0v) is 20.1. The molecule has 7 rings (SSSR count). The molecular weight excluding hydrogens is 441 g/mol. The van der Waals surface area contributed by atoms with E-state index in [4.69, 9.17) is 0 Å². The number of para-hydroxylation sites is 1. The third kappa shape index (κ3) is 2.71. The molecule has 4 aromatic carbocycles. The Kier molecular flexibility index (Phi) is 4.66. The van der Waals surface area contributed by atoms with Crippen LogP contribution in [0.2, 0.25) is 0 Å². The second-order valence-electron chi connectivity index (χ2n) is 10.0. The maximum Gasteiger partial charge on any atom is 0.488 e. The summed E-state index contributed by atoms with van der Waals surface area (Å²) >= 11 is 0. The number of aromatic nitrogens is 1. The molecule has 0 spiro atoms. The minimum Gasteiger partial charge on any atom is -0.423 e. The van der Waals surface area contributed by atoms with Gasteiger partial charge in [-0.2, -0.15) is 0 Å². The maximum atomic E-state index is 9.93. The van der Waals surface area contributed by atoms with Crippen LogP contribution < -0.4 is 16.0 Å². The Labute approximate surface area is 210 Å². The van der Waals surface area contributed by atoms with E-state index in [9.17, 15) is 10.0 Å². The molecule has 36 heavy (non-hydrogen) atoms. The van der Waals surface area contributed by atoms with Crippen molar-refractivity contribution in [3.05, 3.63) is 130 Å². The number of fused-ring (bicyclic) bond motifs is 5. The van der Waals surface area contributed by atoms with E-state index < -0.39 is 12.5 Å². The third-order valence-electron chi connectivity index (χ3n) is 8.12. The number of rotatable bonds is 3. The van der Waals surface area contributed by atoms with Gasteiger partial charge in [0.25, 0.3) is 0 Å². The van der Waals surface area contributed by atoms with Crippen LogP contribution in [0, 0.1) is 5.92 Å². The van der Waals surface area contributed by atoms with Crippen molar-refractivity contribution in [2.24, 2.45) is 5.92 Å². The largest absolute Gasteiger partial charge is 0.488 e. The first kappa shape index (κ1) is 21.4. The highest BCUT2D eigenvalue weighted by atomic mass is 16.4. The minimum absolute atomic E-state index is 0.317. The second kappa shape index (κ2) is 7.82. The van der Waals surface area contributed by atoms with E-state index in [1.807, 2.05) is 18.2 Å². The first-order valence-corrected chi connectivity index (χ1v) is 12.6. The Bertz CT molecular complexity index is 1710. The van der Waals surface area contributed by atoms with E-state index >= 15 is 0 Å². The molecule has 1 atom stereocenters. The summed E-state index contributed by atoms with van der Waals surface area (Å²) in [5.74, 6) is 0.317. The summed E-state index contributed by atoms with van der Waals surface area (Å²) in [6, 6.07) is 36.4. The Balaban J connectivity index is 1.78. The van der Waals surface area contributed by atoms with Crippen molar-refractivity contribution in [1.82, 2.24) is 4.57 Å². The molecule has 0 radical (unpaired) electrons. The van der Waals surface area contributed by atoms with Crippen molar-refractivity contribution in [3.8, 4) is 5.69 Å². The molecule has 174 valence electrons. The fourth-order valence-electron chi connectivity index (χ4n) is 6.70. The van der Waals surface area contributed by atoms with Crippen molar-refractivity contribution in [2.75, 3.05) is 0 Å². The molecule has 1 unspecified atom stereocenters. The second-order valence-corrected chi connectivity index (χ2v) is 10.0. The first-order valence-electron chi connectivity index (χ1n) is 12.6. The summed E-state index contributed by atoms with van der Waals surface area (Å²) in [6.07, 6.45) is 3.27. The summed E-state index contributed by atoms with van der Waals surface area (Å²) in [5.41, 5.74) is 7.54. The van der Waals surface area contributed by atoms with Gasteiger partial charge in [-0.3, -0.25) is 0 Å². The van der Waals surface area contributed by atoms with E-state index in [1.54, 1.807) is 0 Å². The quantitative estimate of drug-likeness (QED) is 0.398. The van der Waals surface area contributed by atoms with Gasteiger partial charge in [-0.25, -0.2) is 0 Å². The minimum atomic E-state index is -1.50. The monoisotopic (exact) mass is 467 g/mol. The topological polar surface area (TPSA) is 45.4 Å². The summed E-state index contributed by atoms with van der Waals surface area (Å²) in [7, 11) is -1.50. The Morgan fingerprint density at radius 2 is 1.44 bits per heavy atom. The molecular formula is C32H26BNO2. The third-order valence-corrected chi connectivity index (χ3v) is 8.12. The van der Waals surface area contributed by atoms with E-state index in [2.05, 4.69) is 102 Å². The molecule has 5 aromatic rings. The predicted octanol–water partition coefficient (Wildman–Crippen LogP) is 3.63. The fourth-order valence-corrected chi connectivity index (χ4v) is 6.70. The van der Waals surface area contributed by atoms with Gasteiger partial charge in [0.15, 0.2) is 0 Å². The van der Waals surface area contributed by atoms with Gasteiger partial charge in [-0.05, 0) is 52.2 Å². The number of hydrogen-bond donors (Lipinski definition) is 2. The fraction of sp³-hybridized carbons (Fsp3) is 0.125. The molecule has 0 saturated heterocycles. The zero-order valence-electron chi connectivity index (χ0n) is 20.1. The van der Waals surface area contributed by atoms with E-state index in [0.29, 0.717) is 11.4 Å². The number of hydrogen-bond acceptors (Lipinski definition) is 2. The average molecular weight is 467 g/mol. The lowest BCUT2D eigenvalue weighted by molar-refractivity contribution is 0.426. The van der Waals surface area contributed by atoms with Crippen molar-refractivity contribution in [3.63, 3.8) is 0 Å². The number of nitrogens with zero attached hydrogens (tertiary/aromatic N) is 1. The average Bonchev–Trinajstić information content (AvgIpc) is 3.26. The van der Waals surface area contributed by atoms with Crippen LogP contribution in [0.3, 0.4) is 0 Å². The van der Waals surface area contributed by atoms with Gasteiger partial charge in [0.1, 0.15) is 0 Å². The summed E-state index contributed by atoms with van der Waals surface area (Å²) in [4.78, 5) is 0. The van der Waals surface area contributed by atoms with E-state index in [1.165, 1.54) is 38.5 Å². The predicted molar refractivity (Wildman–Crippen MR) is 147 cm³/mol. The molecule has 2 heterocycles. The lowest BCUT2D eigenvalue weighted by Gasteiger charge is -2.45. The first-order chi connectivity index (χ1) is 17.6. The maximum absolute atomic E-state index is 9.93. The molecule has 2 aliphatic rings. The Morgan fingerprint density at radius 3 is 2.11 bits per heavy atom. The molecule has 0 bridgehead atoms. The lowest BCUT2D eigenvalue weighted by atomic mass is 9.59. The zero-order chi connectivity index (χ0) is 24.4. The van der Waals surface area contributed by atoms with Crippen LogP contribution in [0.25, 0.3) is 28.2 Å².